The zero-order valence-corrected chi connectivity index (χ0v) is 66.2. The monoisotopic (exact) mass is 1480 g/mol. The Morgan fingerprint density at radius 2 is 0.515 bits per heavy atom. The number of carbonyl (C=O) groups is 3. The van der Waals surface area contributed by atoms with Crippen LogP contribution >= 0.6 is 15.6 Å². The molecule has 5 atom stereocenters. The fourth-order valence-corrected chi connectivity index (χ4v) is 12.1. The first-order chi connectivity index (χ1) is 50.2. The van der Waals surface area contributed by atoms with E-state index in [0.29, 0.717) is 19.3 Å². The molecule has 0 rings (SSSR count). The van der Waals surface area contributed by atoms with Gasteiger partial charge in [0.05, 0.1) is 26.4 Å². The lowest BCUT2D eigenvalue weighted by atomic mass is 10.0. The van der Waals surface area contributed by atoms with Crippen LogP contribution in [0.4, 0.5) is 0 Å². The average Bonchev–Trinajstić information content (AvgIpc) is 0.912. The standard InChI is InChI=1S/C85H144O16P2/c1-4-7-10-13-16-19-22-24-26-28-30-32-34-36-37-38-39-40-41-43-45-46-48-50-52-54-57-59-62-65-68-71-83(88)95-74-80(86)75-97-102(91,92)98-76-81(87)77-99-103(93,94)100-79-82(101-85(90)73-70-67-64-61-56-21-18-15-12-9-6-3)78-96-84(89)72-69-66-63-60-58-55-53-51-49-47-44-42-35-33-31-29-27-25-23-20-17-14-11-8-5-2/h7-8,10-11,15-20,24-27,30-33,36-37,42,44,49,51,80-82,86-87H,4-6,9,12-14,21-23,28-29,34-35,38-41,43,45-48,50,52-79H2,1-3H3,(H,91,92)(H,93,94)/b10-7-,11-8-,18-15-,19-16-,20-17-,26-24-,27-25-,32-30-,33-31-,37-36-,44-42-,51-49-. The highest BCUT2D eigenvalue weighted by atomic mass is 31.2. The van der Waals surface area contributed by atoms with E-state index in [2.05, 4.69) is 167 Å². The van der Waals surface area contributed by atoms with Crippen molar-refractivity contribution in [1.82, 2.24) is 0 Å². The summed E-state index contributed by atoms with van der Waals surface area (Å²) >= 11 is 0. The van der Waals surface area contributed by atoms with Crippen LogP contribution in [0.25, 0.3) is 0 Å². The highest BCUT2D eigenvalue weighted by Gasteiger charge is 2.29. The van der Waals surface area contributed by atoms with Gasteiger partial charge in [0.15, 0.2) is 6.10 Å². The highest BCUT2D eigenvalue weighted by molar-refractivity contribution is 7.47. The van der Waals surface area contributed by atoms with Crippen molar-refractivity contribution < 1.29 is 75.8 Å². The van der Waals surface area contributed by atoms with Crippen molar-refractivity contribution in [2.75, 3.05) is 39.6 Å². The smallest absolute Gasteiger partial charge is 0.463 e. The second-order valence-electron chi connectivity index (χ2n) is 26.5. The first-order valence-electron chi connectivity index (χ1n) is 40.1. The normalized spacial score (nSPS) is 14.7. The van der Waals surface area contributed by atoms with Gasteiger partial charge >= 0.3 is 33.6 Å². The van der Waals surface area contributed by atoms with Crippen LogP contribution in [-0.4, -0.2) is 95.9 Å². The van der Waals surface area contributed by atoms with Gasteiger partial charge < -0.3 is 34.2 Å². The molecule has 0 amide bonds. The van der Waals surface area contributed by atoms with E-state index in [4.69, 9.17) is 32.3 Å². The van der Waals surface area contributed by atoms with Gasteiger partial charge in [-0.05, 0) is 135 Å². The summed E-state index contributed by atoms with van der Waals surface area (Å²) in [5.74, 6) is -1.60. The number of esters is 3. The van der Waals surface area contributed by atoms with E-state index in [0.717, 1.165) is 167 Å². The van der Waals surface area contributed by atoms with Gasteiger partial charge in [0, 0.05) is 19.3 Å². The Morgan fingerprint density at radius 3 is 0.825 bits per heavy atom. The molecule has 18 heteroatoms. The number of aliphatic hydroxyl groups excluding tert-OH is 2. The fraction of sp³-hybridized carbons (Fsp3) is 0.682. The number of allylic oxidation sites excluding steroid dienone is 24. The Labute approximate surface area is 626 Å². The molecule has 4 N–H and O–H groups in total. The highest BCUT2D eigenvalue weighted by Crippen LogP contribution is 2.45. The summed E-state index contributed by atoms with van der Waals surface area (Å²) in [6.07, 6.45) is 94.9. The van der Waals surface area contributed by atoms with Crippen molar-refractivity contribution in [2.45, 2.75) is 334 Å². The Balaban J connectivity index is 4.43. The van der Waals surface area contributed by atoms with Crippen LogP contribution in [0.3, 0.4) is 0 Å². The number of phosphoric ester groups is 2. The molecule has 0 fully saturated rings. The molecule has 0 aromatic carbocycles. The van der Waals surface area contributed by atoms with Crippen LogP contribution < -0.4 is 0 Å². The minimum absolute atomic E-state index is 0.0874. The number of hydrogen-bond donors (Lipinski definition) is 4. The van der Waals surface area contributed by atoms with Gasteiger partial charge in [-0.1, -0.05) is 308 Å². The quantitative estimate of drug-likeness (QED) is 0.0146. The van der Waals surface area contributed by atoms with Crippen molar-refractivity contribution in [3.8, 4) is 0 Å². The van der Waals surface area contributed by atoms with Gasteiger partial charge in [0.1, 0.15) is 25.4 Å². The van der Waals surface area contributed by atoms with Crippen LogP contribution in [0.1, 0.15) is 316 Å². The number of rotatable bonds is 75. The molecule has 0 aliphatic heterocycles. The molecule has 5 unspecified atom stereocenters. The van der Waals surface area contributed by atoms with E-state index in [1.807, 2.05) is 0 Å². The average molecular weight is 1480 g/mol. The van der Waals surface area contributed by atoms with Crippen LogP contribution in [0.2, 0.25) is 0 Å². The van der Waals surface area contributed by atoms with Crippen LogP contribution in [0.5, 0.6) is 0 Å². The lowest BCUT2D eigenvalue weighted by molar-refractivity contribution is -0.161. The van der Waals surface area contributed by atoms with Gasteiger partial charge in [-0.15, -0.1) is 0 Å². The first kappa shape index (κ1) is 98.4. The van der Waals surface area contributed by atoms with E-state index in [1.165, 1.54) is 89.9 Å². The molecule has 590 valence electrons. The molecular weight excluding hydrogens is 1340 g/mol. The molecule has 0 spiro atoms. The molecule has 103 heavy (non-hydrogen) atoms. The molecular formula is C85H144O16P2. The summed E-state index contributed by atoms with van der Waals surface area (Å²) in [5.41, 5.74) is 0. The number of ether oxygens (including phenoxy) is 3. The molecule has 0 aliphatic rings. The first-order valence-corrected chi connectivity index (χ1v) is 43.1. The molecule has 0 aliphatic carbocycles. The second kappa shape index (κ2) is 77.1. The number of unbranched alkanes of at least 4 members (excludes halogenated alkanes) is 28. The third-order valence-electron chi connectivity index (χ3n) is 16.5. The summed E-state index contributed by atoms with van der Waals surface area (Å²) in [6.45, 7) is 2.39. The molecule has 0 aromatic heterocycles. The van der Waals surface area contributed by atoms with Gasteiger partial charge in [-0.2, -0.15) is 0 Å². The van der Waals surface area contributed by atoms with E-state index < -0.39 is 91.5 Å². The maximum absolute atomic E-state index is 12.9. The van der Waals surface area contributed by atoms with Crippen LogP contribution in [0, 0.1) is 0 Å². The summed E-state index contributed by atoms with van der Waals surface area (Å²) in [4.78, 5) is 58.6. The topological polar surface area (TPSA) is 231 Å². The second-order valence-corrected chi connectivity index (χ2v) is 29.4. The van der Waals surface area contributed by atoms with E-state index in [1.54, 1.807) is 0 Å². The maximum Gasteiger partial charge on any atom is 0.472 e. The number of hydrogen-bond acceptors (Lipinski definition) is 14. The minimum Gasteiger partial charge on any atom is -0.463 e. The summed E-state index contributed by atoms with van der Waals surface area (Å²) in [5, 5.41) is 20.6. The van der Waals surface area contributed by atoms with Crippen molar-refractivity contribution in [1.29, 1.82) is 0 Å². The molecule has 16 nitrogen and oxygen atoms in total. The number of phosphoric acid groups is 2. The molecule has 0 saturated carbocycles. The maximum atomic E-state index is 12.9. The van der Waals surface area contributed by atoms with Crippen LogP contribution in [-0.2, 0) is 55.8 Å². The Hall–Kier alpha value is -4.57. The molecule has 0 radical (unpaired) electrons. The molecule has 0 bridgehead atoms. The molecule has 0 aromatic rings. The van der Waals surface area contributed by atoms with Gasteiger partial charge in [0.25, 0.3) is 0 Å². The lowest BCUT2D eigenvalue weighted by Crippen LogP contribution is -2.30. The third kappa shape index (κ3) is 78.3. The van der Waals surface area contributed by atoms with Gasteiger partial charge in [-0.25, -0.2) is 9.13 Å². The van der Waals surface area contributed by atoms with E-state index in [-0.39, 0.29) is 19.3 Å². The van der Waals surface area contributed by atoms with E-state index >= 15 is 0 Å². The zero-order chi connectivity index (χ0) is 75.2. The van der Waals surface area contributed by atoms with Crippen molar-refractivity contribution in [3.05, 3.63) is 146 Å². The van der Waals surface area contributed by atoms with Gasteiger partial charge in [-0.3, -0.25) is 32.5 Å². The Kier molecular flexibility index (Phi) is 73.6. The Bertz CT molecular complexity index is 2450. The van der Waals surface area contributed by atoms with Crippen molar-refractivity contribution in [3.63, 3.8) is 0 Å². The zero-order valence-electron chi connectivity index (χ0n) is 64.4. The number of aliphatic hydroxyl groups is 2. The SMILES string of the molecule is CC/C=C\C/C=C\C/C=C\C/C=C\C/C=C\C/C=C\CCCCCCCCC(=O)OCC(COP(=O)(O)OCC(O)COP(=O)(O)OCC(O)COC(=O)CCCCCCCCCCCCCCCCC/C=C\C/C=C\C/C=C\C/C=C\C/C=C\CC)OC(=O)CCCCCCC/C=C\CCCC. The van der Waals surface area contributed by atoms with Crippen molar-refractivity contribution in [2.24, 2.45) is 0 Å². The van der Waals surface area contributed by atoms with Gasteiger partial charge in [0.2, 0.25) is 0 Å². The predicted octanol–water partition coefficient (Wildman–Crippen LogP) is 23.7. The lowest BCUT2D eigenvalue weighted by Gasteiger charge is -2.21. The third-order valence-corrected chi connectivity index (χ3v) is 18.4. The van der Waals surface area contributed by atoms with Crippen LogP contribution in [0.15, 0.2) is 146 Å². The summed E-state index contributed by atoms with van der Waals surface area (Å²) < 4.78 is 61.1. The fourth-order valence-electron chi connectivity index (χ4n) is 10.5. The molecule has 0 heterocycles. The largest absolute Gasteiger partial charge is 0.472 e. The number of carbonyl (C=O) groups excluding carboxylic acids is 3. The molecule has 0 saturated heterocycles. The summed E-state index contributed by atoms with van der Waals surface area (Å²) in [6, 6.07) is 0. The summed E-state index contributed by atoms with van der Waals surface area (Å²) in [7, 11) is -9.79. The predicted molar refractivity (Wildman–Crippen MR) is 426 cm³/mol. The Morgan fingerprint density at radius 1 is 0.282 bits per heavy atom. The van der Waals surface area contributed by atoms with Crippen molar-refractivity contribution >= 4 is 33.6 Å². The van der Waals surface area contributed by atoms with E-state index in [9.17, 15) is 43.5 Å². The minimum atomic E-state index is -4.94.